The summed E-state index contributed by atoms with van der Waals surface area (Å²) in [7, 11) is -1.45. The van der Waals surface area contributed by atoms with E-state index in [1.165, 1.54) is 4.31 Å². The molecule has 0 unspecified atom stereocenters. The summed E-state index contributed by atoms with van der Waals surface area (Å²) in [6.07, 6.45) is 0.656. The van der Waals surface area contributed by atoms with Crippen LogP contribution in [0.1, 0.15) is 6.42 Å². The van der Waals surface area contributed by atoms with Crippen molar-refractivity contribution in [1.82, 2.24) is 5.32 Å². The number of hydrogen-bond donors (Lipinski definition) is 2. The van der Waals surface area contributed by atoms with Crippen molar-refractivity contribution in [1.29, 1.82) is 0 Å². The average molecular weight is 283 g/mol. The Labute approximate surface area is 112 Å². The zero-order valence-electron chi connectivity index (χ0n) is 10.7. The van der Waals surface area contributed by atoms with E-state index in [9.17, 15) is 13.2 Å². The van der Waals surface area contributed by atoms with Crippen molar-refractivity contribution in [3.63, 3.8) is 0 Å². The summed E-state index contributed by atoms with van der Waals surface area (Å²) >= 11 is 0. The standard InChI is InChI=1S/C12H17N3O3S/c1-13-9-12(16)14-10-3-5-11(6-4-10)15-7-2-8-19(15,17)18/h3-6,13H,2,7-9H2,1H3,(H,14,16). The Bertz CT molecular complexity index is 554. The number of carbonyl (C=O) groups is 1. The van der Waals surface area contributed by atoms with Crippen LogP contribution in [0.5, 0.6) is 0 Å². The maximum absolute atomic E-state index is 11.8. The highest BCUT2D eigenvalue weighted by Gasteiger charge is 2.28. The van der Waals surface area contributed by atoms with Crippen LogP contribution < -0.4 is 14.9 Å². The highest BCUT2D eigenvalue weighted by Crippen LogP contribution is 2.25. The Morgan fingerprint density at radius 2 is 2.00 bits per heavy atom. The molecule has 0 radical (unpaired) electrons. The number of benzene rings is 1. The smallest absolute Gasteiger partial charge is 0.238 e. The van der Waals surface area contributed by atoms with Gasteiger partial charge in [0.25, 0.3) is 0 Å². The number of hydrogen-bond acceptors (Lipinski definition) is 4. The maximum Gasteiger partial charge on any atom is 0.238 e. The third kappa shape index (κ3) is 3.24. The lowest BCUT2D eigenvalue weighted by Gasteiger charge is -2.17. The van der Waals surface area contributed by atoms with Gasteiger partial charge in [-0.25, -0.2) is 8.42 Å². The summed E-state index contributed by atoms with van der Waals surface area (Å²) in [4.78, 5) is 11.4. The topological polar surface area (TPSA) is 78.5 Å². The van der Waals surface area contributed by atoms with E-state index in [-0.39, 0.29) is 18.2 Å². The Morgan fingerprint density at radius 3 is 2.53 bits per heavy atom. The molecule has 0 atom stereocenters. The number of sulfonamides is 1. The van der Waals surface area contributed by atoms with Gasteiger partial charge in [0.2, 0.25) is 15.9 Å². The average Bonchev–Trinajstić information content (AvgIpc) is 2.70. The molecule has 0 aliphatic carbocycles. The van der Waals surface area contributed by atoms with E-state index in [2.05, 4.69) is 10.6 Å². The van der Waals surface area contributed by atoms with E-state index >= 15 is 0 Å². The monoisotopic (exact) mass is 283 g/mol. The third-order valence-electron chi connectivity index (χ3n) is 2.88. The zero-order chi connectivity index (χ0) is 13.9. The molecule has 0 bridgehead atoms. The second kappa shape index (κ2) is 5.58. The largest absolute Gasteiger partial charge is 0.325 e. The minimum Gasteiger partial charge on any atom is -0.325 e. The fraction of sp³-hybridized carbons (Fsp3) is 0.417. The Kier molecular flexibility index (Phi) is 4.06. The van der Waals surface area contributed by atoms with Crippen molar-refractivity contribution in [3.8, 4) is 0 Å². The van der Waals surface area contributed by atoms with Gasteiger partial charge in [0.1, 0.15) is 0 Å². The minimum atomic E-state index is -3.15. The summed E-state index contributed by atoms with van der Waals surface area (Å²) in [5.74, 6) is 0.0669. The molecule has 1 aromatic carbocycles. The molecule has 1 saturated heterocycles. The van der Waals surface area contributed by atoms with E-state index < -0.39 is 10.0 Å². The predicted molar refractivity (Wildman–Crippen MR) is 74.7 cm³/mol. The molecule has 2 N–H and O–H groups in total. The Hall–Kier alpha value is -1.60. The van der Waals surface area contributed by atoms with Gasteiger partial charge in [-0.2, -0.15) is 0 Å². The summed E-state index contributed by atoms with van der Waals surface area (Å²) < 4.78 is 24.9. The summed E-state index contributed by atoms with van der Waals surface area (Å²) in [5, 5.41) is 5.47. The van der Waals surface area contributed by atoms with Crippen LogP contribution in [0.3, 0.4) is 0 Å². The van der Waals surface area contributed by atoms with Gasteiger partial charge < -0.3 is 10.6 Å². The molecule has 1 aliphatic heterocycles. The van der Waals surface area contributed by atoms with E-state index in [4.69, 9.17) is 0 Å². The van der Waals surface area contributed by atoms with Crippen LogP contribution in [0, 0.1) is 0 Å². The van der Waals surface area contributed by atoms with Crippen LogP contribution >= 0.6 is 0 Å². The van der Waals surface area contributed by atoms with Gasteiger partial charge in [0, 0.05) is 12.2 Å². The first-order valence-electron chi connectivity index (χ1n) is 6.08. The van der Waals surface area contributed by atoms with E-state index in [1.54, 1.807) is 31.3 Å². The Morgan fingerprint density at radius 1 is 1.32 bits per heavy atom. The lowest BCUT2D eigenvalue weighted by atomic mass is 10.2. The molecule has 0 spiro atoms. The van der Waals surface area contributed by atoms with Crippen LogP contribution in [-0.2, 0) is 14.8 Å². The van der Waals surface area contributed by atoms with Crippen molar-refractivity contribution in [2.24, 2.45) is 0 Å². The normalized spacial score (nSPS) is 17.4. The van der Waals surface area contributed by atoms with Gasteiger partial charge in [-0.15, -0.1) is 0 Å². The summed E-state index contributed by atoms with van der Waals surface area (Å²) in [6.45, 7) is 0.760. The van der Waals surface area contributed by atoms with Crippen LogP contribution in [0.2, 0.25) is 0 Å². The van der Waals surface area contributed by atoms with Gasteiger partial charge in [-0.3, -0.25) is 9.10 Å². The second-order valence-corrected chi connectivity index (χ2v) is 6.38. The minimum absolute atomic E-state index is 0.135. The molecule has 6 nitrogen and oxygen atoms in total. The second-order valence-electron chi connectivity index (χ2n) is 4.37. The maximum atomic E-state index is 11.8. The first-order valence-corrected chi connectivity index (χ1v) is 7.69. The van der Waals surface area contributed by atoms with Gasteiger partial charge >= 0.3 is 0 Å². The number of anilines is 2. The molecule has 1 heterocycles. The molecule has 2 rings (SSSR count). The molecule has 1 aromatic rings. The van der Waals surface area contributed by atoms with Crippen LogP contribution in [-0.4, -0.2) is 40.2 Å². The number of nitrogens with one attached hydrogen (secondary N) is 2. The fourth-order valence-electron chi connectivity index (χ4n) is 2.01. The van der Waals surface area contributed by atoms with E-state index in [1.807, 2.05) is 0 Å². The lowest BCUT2D eigenvalue weighted by molar-refractivity contribution is -0.115. The number of rotatable bonds is 4. The van der Waals surface area contributed by atoms with Crippen LogP contribution in [0.15, 0.2) is 24.3 Å². The molecule has 0 aromatic heterocycles. The van der Waals surface area contributed by atoms with Crippen molar-refractivity contribution in [3.05, 3.63) is 24.3 Å². The van der Waals surface area contributed by atoms with Crippen molar-refractivity contribution in [2.45, 2.75) is 6.42 Å². The molecule has 1 aliphatic rings. The van der Waals surface area contributed by atoms with Gasteiger partial charge in [-0.05, 0) is 37.7 Å². The Balaban J connectivity index is 2.09. The first-order chi connectivity index (χ1) is 9.03. The van der Waals surface area contributed by atoms with E-state index in [0.29, 0.717) is 24.3 Å². The molecule has 1 fully saturated rings. The number of likely N-dealkylation sites (N-methyl/N-ethyl adjacent to an activating group) is 1. The summed E-state index contributed by atoms with van der Waals surface area (Å²) in [5.41, 5.74) is 1.30. The summed E-state index contributed by atoms with van der Waals surface area (Å²) in [6, 6.07) is 6.82. The van der Waals surface area contributed by atoms with Crippen LogP contribution in [0.4, 0.5) is 11.4 Å². The lowest BCUT2D eigenvalue weighted by Crippen LogP contribution is -2.26. The molecule has 104 valence electrons. The van der Waals surface area contributed by atoms with Crippen molar-refractivity contribution >= 4 is 27.3 Å². The highest BCUT2D eigenvalue weighted by molar-refractivity contribution is 7.93. The number of nitrogens with zero attached hydrogens (tertiary/aromatic N) is 1. The number of amides is 1. The SMILES string of the molecule is CNCC(=O)Nc1ccc(N2CCCS2(=O)=O)cc1. The highest BCUT2D eigenvalue weighted by atomic mass is 32.2. The van der Waals surface area contributed by atoms with E-state index in [0.717, 1.165) is 0 Å². The van der Waals surface area contributed by atoms with Crippen LogP contribution in [0.25, 0.3) is 0 Å². The third-order valence-corrected chi connectivity index (χ3v) is 4.75. The predicted octanol–water partition coefficient (Wildman–Crippen LogP) is 0.384. The van der Waals surface area contributed by atoms with Gasteiger partial charge in [0.05, 0.1) is 18.0 Å². The number of carbonyl (C=O) groups excluding carboxylic acids is 1. The van der Waals surface area contributed by atoms with Gasteiger partial charge in [0.15, 0.2) is 0 Å². The molecule has 19 heavy (non-hydrogen) atoms. The molecule has 7 heteroatoms. The van der Waals surface area contributed by atoms with Crippen molar-refractivity contribution in [2.75, 3.05) is 35.5 Å². The quantitative estimate of drug-likeness (QED) is 0.837. The molecule has 1 amide bonds. The van der Waals surface area contributed by atoms with Gasteiger partial charge in [-0.1, -0.05) is 0 Å². The molecular weight excluding hydrogens is 266 g/mol. The zero-order valence-corrected chi connectivity index (χ0v) is 11.5. The fourth-order valence-corrected chi connectivity index (χ4v) is 3.57. The molecule has 0 saturated carbocycles. The first kappa shape index (κ1) is 13.8. The van der Waals surface area contributed by atoms with Crippen molar-refractivity contribution < 1.29 is 13.2 Å². The molecular formula is C12H17N3O3S.